The van der Waals surface area contributed by atoms with Gasteiger partial charge >= 0.3 is 0 Å². The maximum Gasteiger partial charge on any atom is 0.251 e. The number of amides is 1. The van der Waals surface area contributed by atoms with Gasteiger partial charge in [-0.05, 0) is 18.6 Å². The van der Waals surface area contributed by atoms with Crippen LogP contribution in [0.4, 0.5) is 8.78 Å². The Morgan fingerprint density at radius 2 is 1.93 bits per heavy atom. The smallest absolute Gasteiger partial charge is 0.251 e. The fraction of sp³-hybridized carbons (Fsp3) is 0.400. The lowest BCUT2D eigenvalue weighted by molar-refractivity contribution is -0.133. The molecule has 7 heteroatoms. The normalized spacial score (nSPS) is 23.8. The molecule has 1 saturated heterocycles. The molecule has 142 valence electrons. The van der Waals surface area contributed by atoms with E-state index in [9.17, 15) is 23.5 Å². The van der Waals surface area contributed by atoms with Gasteiger partial charge in [-0.15, -0.1) is 0 Å². The van der Waals surface area contributed by atoms with E-state index in [4.69, 9.17) is 0 Å². The zero-order chi connectivity index (χ0) is 19.1. The van der Waals surface area contributed by atoms with Crippen molar-refractivity contribution in [1.29, 1.82) is 0 Å². The zero-order valence-electron chi connectivity index (χ0n) is 14.6. The molecule has 2 aliphatic heterocycles. The molecule has 2 bridgehead atoms. The maximum absolute atomic E-state index is 13.9. The summed E-state index contributed by atoms with van der Waals surface area (Å²) >= 11 is 0. The fourth-order valence-electron chi connectivity index (χ4n) is 4.44. The van der Waals surface area contributed by atoms with E-state index in [1.54, 1.807) is 15.5 Å². The van der Waals surface area contributed by atoms with Gasteiger partial charge in [-0.3, -0.25) is 9.59 Å². The van der Waals surface area contributed by atoms with Gasteiger partial charge < -0.3 is 14.6 Å². The molecule has 0 saturated carbocycles. The summed E-state index contributed by atoms with van der Waals surface area (Å²) in [6.45, 7) is 0.626. The largest absolute Gasteiger partial charge is 0.394 e. The Hall–Kier alpha value is -2.54. The van der Waals surface area contributed by atoms with Crippen LogP contribution in [0, 0.1) is 17.6 Å². The zero-order valence-corrected chi connectivity index (χ0v) is 14.6. The van der Waals surface area contributed by atoms with Crippen molar-refractivity contribution in [3.8, 4) is 0 Å². The van der Waals surface area contributed by atoms with Gasteiger partial charge in [-0.1, -0.05) is 18.2 Å². The summed E-state index contributed by atoms with van der Waals surface area (Å²) in [6.07, 6.45) is 0.571. The molecule has 1 aromatic heterocycles. The second-order valence-corrected chi connectivity index (χ2v) is 7.29. The van der Waals surface area contributed by atoms with Gasteiger partial charge in [0.1, 0.15) is 0 Å². The van der Waals surface area contributed by atoms with Crippen LogP contribution < -0.4 is 5.56 Å². The van der Waals surface area contributed by atoms with Crippen LogP contribution in [0.25, 0.3) is 0 Å². The Balaban J connectivity index is 1.60. The Kier molecular flexibility index (Phi) is 4.55. The van der Waals surface area contributed by atoms with Crippen LogP contribution >= 0.6 is 0 Å². The number of likely N-dealkylation sites (tertiary alicyclic amines) is 1. The lowest BCUT2D eigenvalue weighted by Gasteiger charge is -2.46. The number of hydrogen-bond acceptors (Lipinski definition) is 3. The number of aromatic nitrogens is 1. The van der Waals surface area contributed by atoms with Crippen molar-refractivity contribution in [2.24, 2.45) is 5.92 Å². The number of aliphatic hydroxyl groups is 1. The molecular formula is C20H20F2N2O3. The van der Waals surface area contributed by atoms with E-state index in [1.807, 2.05) is 6.07 Å². The standard InChI is InChI=1S/C20H20F2N2O3/c21-15-4-1-3-12(20(15)22)8-19(27)23-9-13-7-14(10-23)17(11-25)24-16(13)5-2-6-18(24)26/h1-6,13-14,17,25H,7-11H2/t13-,14+,17+/m1/s1. The number of fused-ring (bicyclic) bond motifs is 4. The lowest BCUT2D eigenvalue weighted by Crippen LogP contribution is -2.52. The molecule has 0 aliphatic carbocycles. The maximum atomic E-state index is 13.9. The average Bonchev–Trinajstić information content (AvgIpc) is 2.66. The third-order valence-electron chi connectivity index (χ3n) is 5.71. The highest BCUT2D eigenvalue weighted by Gasteiger charge is 2.41. The van der Waals surface area contributed by atoms with Crippen molar-refractivity contribution in [1.82, 2.24) is 9.47 Å². The van der Waals surface area contributed by atoms with Crippen LogP contribution in [-0.4, -0.2) is 40.2 Å². The van der Waals surface area contributed by atoms with Crippen LogP contribution in [-0.2, 0) is 11.2 Å². The van der Waals surface area contributed by atoms with E-state index < -0.39 is 11.6 Å². The first-order valence-corrected chi connectivity index (χ1v) is 9.02. The minimum absolute atomic E-state index is 0.0123. The van der Waals surface area contributed by atoms with E-state index in [0.29, 0.717) is 13.1 Å². The van der Waals surface area contributed by atoms with Crippen molar-refractivity contribution in [2.45, 2.75) is 24.8 Å². The van der Waals surface area contributed by atoms with Crippen LogP contribution in [0.2, 0.25) is 0 Å². The molecule has 0 spiro atoms. The second kappa shape index (κ2) is 6.88. The summed E-state index contributed by atoms with van der Waals surface area (Å²) in [5.74, 6) is -2.31. The number of benzene rings is 1. The molecule has 2 aromatic rings. The summed E-state index contributed by atoms with van der Waals surface area (Å²) < 4.78 is 28.9. The number of rotatable bonds is 3. The predicted octanol–water partition coefficient (Wildman–Crippen LogP) is 1.85. The topological polar surface area (TPSA) is 62.5 Å². The molecule has 4 rings (SSSR count). The molecule has 1 N–H and O–H groups in total. The molecular weight excluding hydrogens is 354 g/mol. The molecule has 3 atom stereocenters. The Morgan fingerprint density at radius 1 is 1.15 bits per heavy atom. The highest BCUT2D eigenvalue weighted by molar-refractivity contribution is 5.79. The number of aliphatic hydroxyl groups excluding tert-OH is 1. The van der Waals surface area contributed by atoms with Crippen molar-refractivity contribution in [3.05, 3.63) is 69.6 Å². The summed E-state index contributed by atoms with van der Waals surface area (Å²) in [7, 11) is 0. The average molecular weight is 374 g/mol. The lowest BCUT2D eigenvalue weighted by atomic mass is 9.78. The number of pyridine rings is 1. The van der Waals surface area contributed by atoms with Gasteiger partial charge in [-0.25, -0.2) is 8.78 Å². The Morgan fingerprint density at radius 3 is 2.70 bits per heavy atom. The van der Waals surface area contributed by atoms with E-state index in [-0.39, 0.29) is 47.9 Å². The quantitative estimate of drug-likeness (QED) is 0.892. The monoisotopic (exact) mass is 374 g/mol. The number of halogens is 2. The molecule has 0 unspecified atom stereocenters. The number of hydrogen-bond donors (Lipinski definition) is 1. The number of piperidine rings is 1. The molecule has 1 amide bonds. The Bertz CT molecular complexity index is 943. The first-order chi connectivity index (χ1) is 13.0. The summed E-state index contributed by atoms with van der Waals surface area (Å²) in [5, 5.41) is 9.85. The van der Waals surface area contributed by atoms with Crippen LogP contribution in [0.1, 0.15) is 29.6 Å². The molecule has 0 radical (unpaired) electrons. The predicted molar refractivity (Wildman–Crippen MR) is 94.3 cm³/mol. The molecule has 1 fully saturated rings. The van der Waals surface area contributed by atoms with Crippen molar-refractivity contribution < 1.29 is 18.7 Å². The van der Waals surface area contributed by atoms with E-state index in [2.05, 4.69) is 0 Å². The van der Waals surface area contributed by atoms with Gasteiger partial charge in [0.25, 0.3) is 5.56 Å². The van der Waals surface area contributed by atoms with Gasteiger partial charge in [0.2, 0.25) is 5.91 Å². The van der Waals surface area contributed by atoms with Gasteiger partial charge in [0.15, 0.2) is 11.6 Å². The van der Waals surface area contributed by atoms with Crippen LogP contribution in [0.3, 0.4) is 0 Å². The summed E-state index contributed by atoms with van der Waals surface area (Å²) in [4.78, 5) is 26.7. The molecule has 3 heterocycles. The molecule has 27 heavy (non-hydrogen) atoms. The minimum atomic E-state index is -0.992. The first kappa shape index (κ1) is 17.9. The van der Waals surface area contributed by atoms with Crippen LogP contribution in [0.5, 0.6) is 0 Å². The Labute approximate surface area is 154 Å². The number of carbonyl (C=O) groups is 1. The van der Waals surface area contributed by atoms with E-state index >= 15 is 0 Å². The molecule has 2 aliphatic rings. The minimum Gasteiger partial charge on any atom is -0.394 e. The second-order valence-electron chi connectivity index (χ2n) is 7.29. The summed E-state index contributed by atoms with van der Waals surface area (Å²) in [5.41, 5.74) is 0.696. The van der Waals surface area contributed by atoms with Crippen molar-refractivity contribution >= 4 is 5.91 Å². The van der Waals surface area contributed by atoms with Gasteiger partial charge in [-0.2, -0.15) is 0 Å². The number of nitrogens with zero attached hydrogens (tertiary/aromatic N) is 2. The SMILES string of the molecule is O=C(Cc1cccc(F)c1F)N1C[C@H]2C[C@@H](C1)[C@H](CO)n1c2cccc1=O. The van der Waals surface area contributed by atoms with Crippen molar-refractivity contribution in [2.75, 3.05) is 19.7 Å². The molecule has 5 nitrogen and oxygen atoms in total. The first-order valence-electron chi connectivity index (χ1n) is 9.02. The van der Waals surface area contributed by atoms with E-state index in [0.717, 1.165) is 18.2 Å². The fourth-order valence-corrected chi connectivity index (χ4v) is 4.44. The highest BCUT2D eigenvalue weighted by atomic mass is 19.2. The van der Waals surface area contributed by atoms with Gasteiger partial charge in [0.05, 0.1) is 19.1 Å². The van der Waals surface area contributed by atoms with Crippen molar-refractivity contribution in [3.63, 3.8) is 0 Å². The third-order valence-corrected chi connectivity index (χ3v) is 5.71. The van der Waals surface area contributed by atoms with E-state index in [1.165, 1.54) is 18.2 Å². The number of carbonyl (C=O) groups excluding carboxylic acids is 1. The van der Waals surface area contributed by atoms with Crippen LogP contribution in [0.15, 0.2) is 41.2 Å². The summed E-state index contributed by atoms with van der Waals surface area (Å²) in [6, 6.07) is 8.45. The highest BCUT2D eigenvalue weighted by Crippen LogP contribution is 2.40. The van der Waals surface area contributed by atoms with Gasteiger partial charge in [0, 0.05) is 42.2 Å². The molecule has 1 aromatic carbocycles. The third kappa shape index (κ3) is 3.06.